The number of anilines is 2. The Labute approximate surface area is 323 Å². The number of hydrogen-bond acceptors (Lipinski definition) is 8. The molecule has 55 heavy (non-hydrogen) atoms. The zero-order valence-corrected chi connectivity index (χ0v) is 31.5. The van der Waals surface area contributed by atoms with Gasteiger partial charge in [-0.15, -0.1) is 0 Å². The molecule has 0 unspecified atom stereocenters. The number of nitrogens with zero attached hydrogens (tertiary/aromatic N) is 1. The second kappa shape index (κ2) is 17.0. The monoisotopic (exact) mass is 767 g/mol. The first-order valence-electron chi connectivity index (χ1n) is 18.2. The number of methoxy groups -OCH3 is 1. The van der Waals surface area contributed by atoms with E-state index in [1.54, 1.807) is 24.3 Å². The van der Waals surface area contributed by atoms with E-state index in [9.17, 15) is 29.7 Å². The fourth-order valence-corrected chi connectivity index (χ4v) is 7.62. The summed E-state index contributed by atoms with van der Waals surface area (Å²) < 4.78 is 5.61. The lowest BCUT2D eigenvalue weighted by molar-refractivity contribution is -0.116. The van der Waals surface area contributed by atoms with Crippen LogP contribution in [0, 0.1) is 0 Å². The first-order chi connectivity index (χ1) is 26.4. The number of amides is 2. The first-order valence-corrected chi connectivity index (χ1v) is 18.6. The van der Waals surface area contributed by atoms with Crippen molar-refractivity contribution in [3.8, 4) is 22.6 Å². The largest absolute Gasteiger partial charge is 0.506 e. The zero-order valence-electron chi connectivity index (χ0n) is 30.8. The van der Waals surface area contributed by atoms with Crippen molar-refractivity contribution in [2.24, 2.45) is 5.73 Å². The standard InChI is InChI=1S/C42H46ClN5O7/c1-42(18-16-28(44)17-19-42)48(41(53)54)34-20-25(8-10-29(34)26-6-4-3-5-7-26)9-14-38(51)46-33-22-37(55-2)27(21-32(33)43)23-45-24-36(50)30-11-13-35(49)40-31(30)12-15-39(52)47-40/h3-8,10-13,15,20-22,28,36,45,49-50H,9,14,16-19,23-24,44H2,1-2H3,(H,46,51)(H,47,52)(H,53,54)/t28?,36-,42?/m1/s1. The summed E-state index contributed by atoms with van der Waals surface area (Å²) in [6.45, 7) is 2.40. The molecule has 1 aliphatic carbocycles. The molecule has 5 aromatic rings. The third-order valence-corrected chi connectivity index (χ3v) is 10.7. The predicted octanol–water partition coefficient (Wildman–Crippen LogP) is 7.10. The fourth-order valence-electron chi connectivity index (χ4n) is 7.38. The summed E-state index contributed by atoms with van der Waals surface area (Å²) >= 11 is 6.64. The summed E-state index contributed by atoms with van der Waals surface area (Å²) in [5.41, 5.74) is 10.1. The highest BCUT2D eigenvalue weighted by atomic mass is 35.5. The van der Waals surface area contributed by atoms with Crippen molar-refractivity contribution in [3.05, 3.63) is 117 Å². The van der Waals surface area contributed by atoms with Crippen LogP contribution in [0.15, 0.2) is 89.7 Å². The van der Waals surface area contributed by atoms with Gasteiger partial charge in [0.05, 0.1) is 35.1 Å². The number of nitrogens with one attached hydrogen (secondary N) is 3. The summed E-state index contributed by atoms with van der Waals surface area (Å²) in [5.74, 6) is 0.103. The van der Waals surface area contributed by atoms with Crippen LogP contribution < -0.4 is 31.6 Å². The lowest BCUT2D eigenvalue weighted by Crippen LogP contribution is -2.53. The molecule has 1 saturated carbocycles. The summed E-state index contributed by atoms with van der Waals surface area (Å²) in [6, 6.07) is 24.7. The molecule has 0 aliphatic heterocycles. The third-order valence-electron chi connectivity index (χ3n) is 10.4. The second-order valence-electron chi connectivity index (χ2n) is 14.3. The number of carboxylic acid groups (broad SMARTS) is 1. The van der Waals surface area contributed by atoms with Crippen LogP contribution in [0.4, 0.5) is 16.2 Å². The van der Waals surface area contributed by atoms with Crippen LogP contribution in [-0.2, 0) is 17.8 Å². The minimum atomic E-state index is -1.03. The van der Waals surface area contributed by atoms with Crippen molar-refractivity contribution in [1.29, 1.82) is 0 Å². The number of fused-ring (bicyclic) bond motifs is 1. The Kier molecular flexibility index (Phi) is 12.1. The number of carbonyl (C=O) groups excluding carboxylic acids is 1. The maximum Gasteiger partial charge on any atom is 0.412 e. The van der Waals surface area contributed by atoms with Gasteiger partial charge in [0.15, 0.2) is 0 Å². The molecule has 288 valence electrons. The van der Waals surface area contributed by atoms with E-state index in [0.717, 1.165) is 29.5 Å². The first kappa shape index (κ1) is 39.3. The van der Waals surface area contributed by atoms with Crippen LogP contribution in [-0.4, -0.2) is 57.5 Å². The smallest absolute Gasteiger partial charge is 0.412 e. The molecule has 1 aromatic heterocycles. The van der Waals surface area contributed by atoms with Crippen molar-refractivity contribution >= 4 is 45.9 Å². The number of aromatic nitrogens is 1. The Morgan fingerprint density at radius 3 is 2.51 bits per heavy atom. The van der Waals surface area contributed by atoms with Crippen molar-refractivity contribution in [3.63, 3.8) is 0 Å². The van der Waals surface area contributed by atoms with Gasteiger partial charge in [-0.25, -0.2) is 4.79 Å². The number of hydrogen-bond donors (Lipinski definition) is 7. The number of aromatic hydroxyl groups is 1. The molecule has 0 bridgehead atoms. The molecule has 6 rings (SSSR count). The molecule has 1 aliphatic rings. The van der Waals surface area contributed by atoms with Crippen LogP contribution >= 0.6 is 11.6 Å². The molecular formula is C42H46ClN5O7. The van der Waals surface area contributed by atoms with Crippen LogP contribution in [0.25, 0.3) is 22.0 Å². The van der Waals surface area contributed by atoms with E-state index in [-0.39, 0.29) is 48.3 Å². The Morgan fingerprint density at radius 1 is 1.05 bits per heavy atom. The average Bonchev–Trinajstić information content (AvgIpc) is 3.17. The molecule has 1 heterocycles. The Hall–Kier alpha value is -5.40. The molecule has 1 fully saturated rings. The molecule has 13 heteroatoms. The molecule has 2 amide bonds. The van der Waals surface area contributed by atoms with E-state index in [0.29, 0.717) is 57.9 Å². The third kappa shape index (κ3) is 8.95. The molecule has 0 spiro atoms. The number of aliphatic hydroxyl groups excluding tert-OH is 1. The van der Waals surface area contributed by atoms with Gasteiger partial charge in [0.2, 0.25) is 11.5 Å². The molecule has 1 atom stereocenters. The normalized spacial score (nSPS) is 17.4. The van der Waals surface area contributed by atoms with Gasteiger partial charge in [-0.3, -0.25) is 14.5 Å². The highest BCUT2D eigenvalue weighted by Gasteiger charge is 2.40. The van der Waals surface area contributed by atoms with Gasteiger partial charge in [0.25, 0.3) is 0 Å². The van der Waals surface area contributed by atoms with E-state index in [1.807, 2.05) is 55.5 Å². The van der Waals surface area contributed by atoms with Crippen LogP contribution in [0.5, 0.6) is 11.5 Å². The highest BCUT2D eigenvalue weighted by molar-refractivity contribution is 6.33. The number of nitrogens with two attached hydrogens (primary N) is 1. The number of pyridine rings is 1. The molecular weight excluding hydrogens is 722 g/mol. The van der Waals surface area contributed by atoms with Gasteiger partial charge in [-0.05, 0) is 80.0 Å². The number of halogens is 1. The Morgan fingerprint density at radius 2 is 1.80 bits per heavy atom. The number of aromatic amines is 1. The summed E-state index contributed by atoms with van der Waals surface area (Å²) in [4.78, 5) is 42.1. The van der Waals surface area contributed by atoms with Crippen LogP contribution in [0.1, 0.15) is 61.8 Å². The summed E-state index contributed by atoms with van der Waals surface area (Å²) in [7, 11) is 1.51. The molecule has 12 nitrogen and oxygen atoms in total. The number of benzene rings is 4. The fraction of sp³-hybridized carbons (Fsp3) is 0.310. The lowest BCUT2D eigenvalue weighted by Gasteiger charge is -2.44. The number of aliphatic hydroxyl groups is 1. The Bertz CT molecular complexity index is 2240. The number of carbonyl (C=O) groups is 2. The van der Waals surface area contributed by atoms with Gasteiger partial charge in [0, 0.05) is 59.7 Å². The number of H-pyrrole nitrogens is 1. The highest BCUT2D eigenvalue weighted by Crippen LogP contribution is 2.41. The summed E-state index contributed by atoms with van der Waals surface area (Å²) in [6.07, 6.45) is 1.23. The van der Waals surface area contributed by atoms with E-state index in [2.05, 4.69) is 15.6 Å². The van der Waals surface area contributed by atoms with Crippen molar-refractivity contribution in [1.82, 2.24) is 10.3 Å². The number of rotatable bonds is 13. The minimum absolute atomic E-state index is 0.0528. The van der Waals surface area contributed by atoms with Crippen molar-refractivity contribution in [2.45, 2.75) is 69.7 Å². The maximum atomic E-state index is 13.3. The van der Waals surface area contributed by atoms with Crippen molar-refractivity contribution in [2.75, 3.05) is 23.9 Å². The van der Waals surface area contributed by atoms with Gasteiger partial charge in [-0.2, -0.15) is 0 Å². The summed E-state index contributed by atoms with van der Waals surface area (Å²) in [5, 5.41) is 38.6. The average molecular weight is 768 g/mol. The topological polar surface area (TPSA) is 190 Å². The predicted molar refractivity (Wildman–Crippen MR) is 215 cm³/mol. The minimum Gasteiger partial charge on any atom is -0.506 e. The molecule has 0 radical (unpaired) electrons. The number of phenolic OH excluding ortho intramolecular Hbond substituents is 1. The van der Waals surface area contributed by atoms with E-state index in [1.165, 1.54) is 24.1 Å². The van der Waals surface area contributed by atoms with Gasteiger partial charge >= 0.3 is 6.09 Å². The van der Waals surface area contributed by atoms with Crippen molar-refractivity contribution < 1.29 is 29.6 Å². The zero-order chi connectivity index (χ0) is 39.3. The Balaban J connectivity index is 1.13. The number of ether oxygens (including phenoxy) is 1. The van der Waals surface area contributed by atoms with Crippen LogP contribution in [0.3, 0.4) is 0 Å². The van der Waals surface area contributed by atoms with E-state index in [4.69, 9.17) is 22.1 Å². The molecule has 8 N–H and O–H groups in total. The number of phenols is 1. The lowest BCUT2D eigenvalue weighted by atomic mass is 9.79. The van der Waals surface area contributed by atoms with Gasteiger partial charge in [0.1, 0.15) is 11.5 Å². The van der Waals surface area contributed by atoms with E-state index >= 15 is 0 Å². The molecule has 0 saturated heterocycles. The number of aryl methyl sites for hydroxylation is 1. The second-order valence-corrected chi connectivity index (χ2v) is 14.7. The molecule has 4 aromatic carbocycles. The van der Waals surface area contributed by atoms with E-state index < -0.39 is 17.7 Å². The van der Waals surface area contributed by atoms with Gasteiger partial charge < -0.3 is 41.4 Å². The SMILES string of the molecule is COc1cc(NC(=O)CCc2ccc(-c3ccccc3)c(N(C(=O)O)C3(C)CCC(N)CC3)c2)c(Cl)cc1CNC[C@@H](O)c1ccc(O)c2[nH]c(=O)ccc12. The maximum absolute atomic E-state index is 13.3. The van der Waals surface area contributed by atoms with Crippen LogP contribution in [0.2, 0.25) is 5.02 Å². The van der Waals surface area contributed by atoms with Gasteiger partial charge in [-0.1, -0.05) is 60.1 Å². The quantitative estimate of drug-likeness (QED) is 0.0655.